The number of aliphatic hydroxyl groups is 1. The highest BCUT2D eigenvalue weighted by Gasteiger charge is 2.34. The Hall–Kier alpha value is -2.74. The van der Waals surface area contributed by atoms with Gasteiger partial charge in [0.15, 0.2) is 0 Å². The van der Waals surface area contributed by atoms with E-state index < -0.39 is 11.9 Å². The minimum atomic E-state index is -0.778. The molecule has 0 radical (unpaired) electrons. The predicted octanol–water partition coefficient (Wildman–Crippen LogP) is 5.70. The van der Waals surface area contributed by atoms with Crippen molar-refractivity contribution in [3.05, 3.63) is 79.9 Å². The fourth-order valence-electron chi connectivity index (χ4n) is 2.64. The summed E-state index contributed by atoms with van der Waals surface area (Å²) in [7, 11) is 1.52. The number of carbonyl (C=O) groups is 2. The molecule has 0 fully saturated rings. The smallest absolute Gasteiger partial charge is 0.344 e. The number of esters is 1. The summed E-state index contributed by atoms with van der Waals surface area (Å²) in [6, 6.07) is 11.3. The van der Waals surface area contributed by atoms with Crippen LogP contribution in [0.2, 0.25) is 10.0 Å². The van der Waals surface area contributed by atoms with Crippen molar-refractivity contribution in [2.45, 2.75) is 6.92 Å². The van der Waals surface area contributed by atoms with Crippen molar-refractivity contribution in [2.75, 3.05) is 13.7 Å². The molecule has 1 aliphatic heterocycles. The van der Waals surface area contributed by atoms with Crippen LogP contribution in [0.5, 0.6) is 5.75 Å². The monoisotopic (exact) mass is 477 g/mol. The van der Waals surface area contributed by atoms with E-state index in [2.05, 4.69) is 4.99 Å². The predicted molar refractivity (Wildman–Crippen MR) is 123 cm³/mol. The van der Waals surface area contributed by atoms with Gasteiger partial charge >= 0.3 is 5.97 Å². The first-order valence-corrected chi connectivity index (χ1v) is 10.6. The van der Waals surface area contributed by atoms with Gasteiger partial charge < -0.3 is 14.6 Å². The summed E-state index contributed by atoms with van der Waals surface area (Å²) in [6.07, 6.45) is 1.58. The Labute approximate surface area is 193 Å². The van der Waals surface area contributed by atoms with Crippen molar-refractivity contribution in [1.82, 2.24) is 0 Å². The van der Waals surface area contributed by atoms with E-state index in [1.54, 1.807) is 55.5 Å². The third kappa shape index (κ3) is 5.31. The molecule has 3 rings (SSSR count). The van der Waals surface area contributed by atoms with Gasteiger partial charge in [0.2, 0.25) is 0 Å². The van der Waals surface area contributed by atoms with Gasteiger partial charge in [-0.25, -0.2) is 9.79 Å². The molecule has 0 unspecified atom stereocenters. The summed E-state index contributed by atoms with van der Waals surface area (Å²) in [5, 5.41) is 11.6. The molecule has 9 heteroatoms. The van der Waals surface area contributed by atoms with Gasteiger partial charge in [-0.1, -0.05) is 41.0 Å². The number of halogens is 2. The molecule has 0 aromatic heterocycles. The number of rotatable bonds is 5. The number of thioether (sulfide) groups is 1. The van der Waals surface area contributed by atoms with Gasteiger partial charge in [-0.05, 0) is 55.0 Å². The lowest BCUT2D eigenvalue weighted by Gasteiger charge is -2.04. The molecule has 2 aromatic carbocycles. The van der Waals surface area contributed by atoms with Crippen LogP contribution in [-0.2, 0) is 9.53 Å². The third-order valence-corrected chi connectivity index (χ3v) is 5.74. The first-order valence-electron chi connectivity index (χ1n) is 9.06. The van der Waals surface area contributed by atoms with Crippen LogP contribution >= 0.6 is 35.0 Å². The quantitative estimate of drug-likeness (QED) is 0.555. The third-order valence-electron chi connectivity index (χ3n) is 4.16. The summed E-state index contributed by atoms with van der Waals surface area (Å²) in [4.78, 5) is 29.4. The highest BCUT2D eigenvalue weighted by Crippen LogP contribution is 2.40. The molecular formula is C22H17Cl2NO5S. The highest BCUT2D eigenvalue weighted by atomic mass is 35.5. The molecule has 0 bridgehead atoms. The Morgan fingerprint density at radius 3 is 2.48 bits per heavy atom. The Morgan fingerprint density at radius 2 is 1.87 bits per heavy atom. The van der Waals surface area contributed by atoms with E-state index in [1.807, 2.05) is 0 Å². The lowest BCUT2D eigenvalue weighted by molar-refractivity contribution is -0.138. The Balaban J connectivity index is 2.00. The van der Waals surface area contributed by atoms with E-state index in [1.165, 1.54) is 7.11 Å². The molecule has 1 aliphatic rings. The van der Waals surface area contributed by atoms with Gasteiger partial charge in [-0.3, -0.25) is 4.79 Å². The summed E-state index contributed by atoms with van der Waals surface area (Å²) in [6.45, 7) is 1.74. The van der Waals surface area contributed by atoms with Crippen LogP contribution in [0.4, 0.5) is 0 Å². The van der Waals surface area contributed by atoms with Crippen molar-refractivity contribution in [1.29, 1.82) is 0 Å². The number of amides is 1. The summed E-state index contributed by atoms with van der Waals surface area (Å²) < 4.78 is 10.1. The number of hydrogen-bond acceptors (Lipinski definition) is 6. The lowest BCUT2D eigenvalue weighted by Crippen LogP contribution is -2.14. The number of carbonyl (C=O) groups excluding carboxylic acids is 2. The molecule has 0 spiro atoms. The number of benzene rings is 2. The van der Waals surface area contributed by atoms with Gasteiger partial charge in [0, 0.05) is 15.6 Å². The molecular weight excluding hydrogens is 461 g/mol. The lowest BCUT2D eigenvalue weighted by atomic mass is 10.1. The topological polar surface area (TPSA) is 85.2 Å². The summed E-state index contributed by atoms with van der Waals surface area (Å²) >= 11 is 13.1. The second kappa shape index (κ2) is 10.0. The average molecular weight is 478 g/mol. The molecule has 0 atom stereocenters. The van der Waals surface area contributed by atoms with Gasteiger partial charge in [-0.15, -0.1) is 0 Å². The number of nitrogens with zero attached hydrogens (tertiary/aromatic N) is 1. The molecule has 6 nitrogen and oxygen atoms in total. The minimum Gasteiger partial charge on any atom is -0.506 e. The largest absolute Gasteiger partial charge is 0.506 e. The molecule has 0 saturated carbocycles. The van der Waals surface area contributed by atoms with E-state index >= 15 is 0 Å². The van der Waals surface area contributed by atoms with Crippen LogP contribution in [-0.4, -0.2) is 35.7 Å². The minimum absolute atomic E-state index is 0.0353. The fourth-order valence-corrected chi connectivity index (χ4v) is 4.11. The van der Waals surface area contributed by atoms with Crippen molar-refractivity contribution < 1.29 is 24.2 Å². The highest BCUT2D eigenvalue weighted by molar-refractivity contribution is 8.18. The van der Waals surface area contributed by atoms with E-state index in [4.69, 9.17) is 32.7 Å². The van der Waals surface area contributed by atoms with E-state index in [0.29, 0.717) is 31.8 Å². The van der Waals surface area contributed by atoms with Crippen LogP contribution in [0, 0.1) is 0 Å². The molecule has 2 aromatic rings. The summed E-state index contributed by atoms with van der Waals surface area (Å²) in [5.74, 6) is -1.10. The average Bonchev–Trinajstić information content (AvgIpc) is 3.05. The normalized spacial score (nSPS) is 16.1. The van der Waals surface area contributed by atoms with Crippen LogP contribution < -0.4 is 4.74 Å². The SMILES string of the molecule is CCOC(=O)C1=C(O)C(=Cc2ccc(Cl)cc2Cl)SC1=NC(=O)c1ccc(OC)cc1. The van der Waals surface area contributed by atoms with Gasteiger partial charge in [-0.2, -0.15) is 0 Å². The van der Waals surface area contributed by atoms with Crippen LogP contribution in [0.3, 0.4) is 0 Å². The number of hydrogen-bond donors (Lipinski definition) is 1. The Kier molecular flexibility index (Phi) is 7.43. The Bertz CT molecular complexity index is 1120. The van der Waals surface area contributed by atoms with Gasteiger partial charge in [0.1, 0.15) is 22.1 Å². The molecule has 1 amide bonds. The van der Waals surface area contributed by atoms with Crippen molar-refractivity contribution >= 4 is 58.0 Å². The zero-order valence-electron chi connectivity index (χ0n) is 16.5. The van der Waals surface area contributed by atoms with Crippen LogP contribution in [0.15, 0.2) is 63.7 Å². The van der Waals surface area contributed by atoms with E-state index in [9.17, 15) is 14.7 Å². The van der Waals surface area contributed by atoms with Crippen LogP contribution in [0.1, 0.15) is 22.8 Å². The maximum atomic E-state index is 12.6. The zero-order chi connectivity index (χ0) is 22.5. The molecule has 160 valence electrons. The first-order chi connectivity index (χ1) is 14.8. The standard InChI is InChI=1S/C22H17Cl2NO5S/c1-3-30-22(28)18-19(26)17(10-13-4-7-14(23)11-16(13)24)31-21(18)25-20(27)12-5-8-15(29-2)9-6-12/h4-11,26H,3H2,1-2H3. The van der Waals surface area contributed by atoms with Crippen LogP contribution in [0.25, 0.3) is 6.08 Å². The molecule has 0 aliphatic carbocycles. The molecule has 31 heavy (non-hydrogen) atoms. The van der Waals surface area contributed by atoms with E-state index in [0.717, 1.165) is 11.8 Å². The number of methoxy groups -OCH3 is 1. The number of aliphatic imine (C=N–C) groups is 1. The second-order valence-corrected chi connectivity index (χ2v) is 8.05. The molecule has 1 N–H and O–H groups in total. The summed E-state index contributed by atoms with van der Waals surface area (Å²) in [5.41, 5.74) is 0.700. The van der Waals surface area contributed by atoms with Crippen molar-refractivity contribution in [2.24, 2.45) is 4.99 Å². The number of ether oxygens (including phenoxy) is 2. The van der Waals surface area contributed by atoms with Gasteiger partial charge in [0.05, 0.1) is 18.6 Å². The first kappa shape index (κ1) is 22.9. The second-order valence-electron chi connectivity index (χ2n) is 6.17. The number of aliphatic hydroxyl groups excluding tert-OH is 1. The zero-order valence-corrected chi connectivity index (χ0v) is 18.8. The molecule has 1 heterocycles. The Morgan fingerprint density at radius 1 is 1.16 bits per heavy atom. The van der Waals surface area contributed by atoms with Crippen molar-refractivity contribution in [3.8, 4) is 5.75 Å². The maximum Gasteiger partial charge on any atom is 0.344 e. The van der Waals surface area contributed by atoms with Crippen molar-refractivity contribution in [3.63, 3.8) is 0 Å². The maximum absolute atomic E-state index is 12.6. The van der Waals surface area contributed by atoms with E-state index in [-0.39, 0.29) is 23.0 Å². The fraction of sp³-hybridized carbons (Fsp3) is 0.136. The van der Waals surface area contributed by atoms with Gasteiger partial charge in [0.25, 0.3) is 5.91 Å². The molecule has 0 saturated heterocycles.